The fourth-order valence-electron chi connectivity index (χ4n) is 1.12. The van der Waals surface area contributed by atoms with Crippen LogP contribution in [0.5, 0.6) is 0 Å². The van der Waals surface area contributed by atoms with Gasteiger partial charge in [0, 0.05) is 0 Å². The topological polar surface area (TPSA) is 9.23 Å². The van der Waals surface area contributed by atoms with E-state index in [1.807, 2.05) is 68.5 Å². The van der Waals surface area contributed by atoms with Crippen LogP contribution in [0, 0.1) is 0 Å². The second-order valence-electron chi connectivity index (χ2n) is 3.50. The molecule has 96 valence electrons. The molecule has 0 aliphatic heterocycles. The largest absolute Gasteiger partial charge is 0.490 e. The van der Waals surface area contributed by atoms with E-state index < -0.39 is 0 Å². The molecule has 1 rings (SSSR count). The van der Waals surface area contributed by atoms with Crippen LogP contribution in [0.25, 0.3) is 0 Å². The Bertz CT molecular complexity index is 385. The molecule has 1 nitrogen and oxygen atoms in total. The summed E-state index contributed by atoms with van der Waals surface area (Å²) in [5.74, 6) is 0.700. The highest BCUT2D eigenvalue weighted by Crippen LogP contribution is 2.04. The Morgan fingerprint density at radius 2 is 1.83 bits per heavy atom. The van der Waals surface area contributed by atoms with Crippen LogP contribution < -0.4 is 0 Å². The number of benzene rings is 1. The van der Waals surface area contributed by atoms with E-state index in [9.17, 15) is 0 Å². The Kier molecular flexibility index (Phi) is 10.2. The van der Waals surface area contributed by atoms with Crippen LogP contribution >= 0.6 is 0 Å². The van der Waals surface area contributed by atoms with E-state index >= 15 is 0 Å². The van der Waals surface area contributed by atoms with Gasteiger partial charge in [-0.3, -0.25) is 0 Å². The Balaban J connectivity index is 0.000000494. The second kappa shape index (κ2) is 11.5. The maximum atomic E-state index is 5.39. The molecule has 0 spiro atoms. The average molecular weight is 242 g/mol. The summed E-state index contributed by atoms with van der Waals surface area (Å²) in [4.78, 5) is 0. The average Bonchev–Trinajstić information content (AvgIpc) is 2.40. The van der Waals surface area contributed by atoms with Crippen LogP contribution in [0.3, 0.4) is 0 Å². The first-order chi connectivity index (χ1) is 8.74. The molecule has 0 atom stereocenters. The van der Waals surface area contributed by atoms with Gasteiger partial charge in [0.25, 0.3) is 0 Å². The summed E-state index contributed by atoms with van der Waals surface area (Å²) >= 11 is 0. The Morgan fingerprint density at radius 1 is 1.17 bits per heavy atom. The molecule has 0 bridgehead atoms. The molecule has 0 unspecified atom stereocenters. The van der Waals surface area contributed by atoms with Crippen LogP contribution in [0.15, 0.2) is 79.6 Å². The van der Waals surface area contributed by atoms with Crippen LogP contribution in [0.4, 0.5) is 0 Å². The number of rotatable bonds is 5. The third kappa shape index (κ3) is 9.22. The Hall–Kier alpha value is -2.02. The van der Waals surface area contributed by atoms with Crippen LogP contribution in [0.1, 0.15) is 19.4 Å². The van der Waals surface area contributed by atoms with Crippen molar-refractivity contribution in [2.45, 2.75) is 20.5 Å². The summed E-state index contributed by atoms with van der Waals surface area (Å²) in [6.07, 6.45) is 9.34. The Morgan fingerprint density at radius 3 is 2.28 bits per heavy atom. The van der Waals surface area contributed by atoms with Crippen molar-refractivity contribution in [3.8, 4) is 0 Å². The molecule has 0 aromatic heterocycles. The number of allylic oxidation sites excluding steroid dienone is 5. The van der Waals surface area contributed by atoms with E-state index in [4.69, 9.17) is 4.74 Å². The molecule has 0 amide bonds. The van der Waals surface area contributed by atoms with Crippen LogP contribution in [-0.2, 0) is 11.3 Å². The fraction of sp³-hybridized carbons (Fsp3) is 0.176. The van der Waals surface area contributed by atoms with Crippen molar-refractivity contribution < 1.29 is 4.74 Å². The second-order valence-corrected chi connectivity index (χ2v) is 3.50. The molecule has 0 N–H and O–H groups in total. The zero-order valence-corrected chi connectivity index (χ0v) is 11.3. The molecule has 0 heterocycles. The van der Waals surface area contributed by atoms with Crippen molar-refractivity contribution >= 4 is 0 Å². The highest BCUT2D eigenvalue weighted by atomic mass is 16.5. The predicted molar refractivity (Wildman–Crippen MR) is 80.2 cm³/mol. The number of ether oxygens (including phenoxy) is 1. The van der Waals surface area contributed by atoms with Crippen molar-refractivity contribution in [3.05, 3.63) is 85.2 Å². The fourth-order valence-corrected chi connectivity index (χ4v) is 1.12. The molecule has 0 fully saturated rings. The van der Waals surface area contributed by atoms with E-state index in [2.05, 4.69) is 13.2 Å². The third-order valence-corrected chi connectivity index (χ3v) is 1.95. The van der Waals surface area contributed by atoms with Gasteiger partial charge in [-0.25, -0.2) is 0 Å². The lowest BCUT2D eigenvalue weighted by Crippen LogP contribution is -1.89. The molecule has 18 heavy (non-hydrogen) atoms. The maximum absolute atomic E-state index is 5.39. The van der Waals surface area contributed by atoms with E-state index in [-0.39, 0.29) is 0 Å². The number of hydrogen-bond donors (Lipinski definition) is 0. The quantitative estimate of drug-likeness (QED) is 0.519. The van der Waals surface area contributed by atoms with Crippen molar-refractivity contribution in [3.63, 3.8) is 0 Å². The van der Waals surface area contributed by atoms with E-state index in [0.717, 1.165) is 5.56 Å². The SMILES string of the molecule is C=C(/C=C\C)OCc1ccccc1.C=C/C=C\C. The van der Waals surface area contributed by atoms with E-state index in [0.29, 0.717) is 12.4 Å². The standard InChI is InChI=1S/C12H14O.C5H8/c1-3-7-11(2)13-10-12-8-5-4-6-9-12;1-3-5-4-2/h3-9H,2,10H2,1H3;3-5H,1H2,2H3/b7-3-;5-4-. The van der Waals surface area contributed by atoms with Gasteiger partial charge in [0.1, 0.15) is 12.4 Å². The van der Waals surface area contributed by atoms with Gasteiger partial charge in [-0.2, -0.15) is 0 Å². The van der Waals surface area contributed by atoms with Gasteiger partial charge in [-0.05, 0) is 25.5 Å². The highest BCUT2D eigenvalue weighted by molar-refractivity contribution is 5.14. The minimum absolute atomic E-state index is 0.587. The lowest BCUT2D eigenvalue weighted by Gasteiger charge is -2.04. The van der Waals surface area contributed by atoms with E-state index in [1.165, 1.54) is 0 Å². The first-order valence-electron chi connectivity index (χ1n) is 5.96. The van der Waals surface area contributed by atoms with Crippen LogP contribution in [-0.4, -0.2) is 0 Å². The molecule has 0 aliphatic rings. The van der Waals surface area contributed by atoms with Gasteiger partial charge in [-0.15, -0.1) is 0 Å². The summed E-state index contributed by atoms with van der Waals surface area (Å²) in [5.41, 5.74) is 1.16. The van der Waals surface area contributed by atoms with Gasteiger partial charge < -0.3 is 4.74 Å². The van der Waals surface area contributed by atoms with E-state index in [1.54, 1.807) is 6.08 Å². The van der Waals surface area contributed by atoms with Gasteiger partial charge in [0.15, 0.2) is 0 Å². The molecule has 0 saturated heterocycles. The summed E-state index contributed by atoms with van der Waals surface area (Å²) < 4.78 is 5.39. The lowest BCUT2D eigenvalue weighted by molar-refractivity contribution is 0.212. The minimum atomic E-state index is 0.587. The monoisotopic (exact) mass is 242 g/mol. The van der Waals surface area contributed by atoms with Crippen molar-refractivity contribution in [1.29, 1.82) is 0 Å². The minimum Gasteiger partial charge on any atom is -0.490 e. The van der Waals surface area contributed by atoms with Crippen molar-refractivity contribution in [2.24, 2.45) is 0 Å². The first kappa shape index (κ1) is 16.0. The molecule has 0 radical (unpaired) electrons. The van der Waals surface area contributed by atoms with Gasteiger partial charge in [-0.1, -0.05) is 67.8 Å². The van der Waals surface area contributed by atoms with Gasteiger partial charge in [0.05, 0.1) is 0 Å². The molecule has 0 aliphatic carbocycles. The molecule has 1 heteroatoms. The molecule has 1 aromatic carbocycles. The zero-order valence-electron chi connectivity index (χ0n) is 11.3. The van der Waals surface area contributed by atoms with Crippen LogP contribution in [0.2, 0.25) is 0 Å². The maximum Gasteiger partial charge on any atom is 0.113 e. The van der Waals surface area contributed by atoms with Gasteiger partial charge in [0.2, 0.25) is 0 Å². The smallest absolute Gasteiger partial charge is 0.113 e. The molecule has 1 aromatic rings. The third-order valence-electron chi connectivity index (χ3n) is 1.95. The zero-order chi connectivity index (χ0) is 13.6. The first-order valence-corrected chi connectivity index (χ1v) is 5.96. The highest BCUT2D eigenvalue weighted by Gasteiger charge is 1.91. The molecular formula is C17H22O. The van der Waals surface area contributed by atoms with Gasteiger partial charge >= 0.3 is 0 Å². The summed E-state index contributed by atoms with van der Waals surface area (Å²) in [6.45, 7) is 11.7. The number of hydrogen-bond acceptors (Lipinski definition) is 1. The molecule has 0 saturated carbocycles. The van der Waals surface area contributed by atoms with Crippen molar-refractivity contribution in [1.82, 2.24) is 0 Å². The summed E-state index contributed by atoms with van der Waals surface area (Å²) in [7, 11) is 0. The Labute approximate surface area is 111 Å². The predicted octanol–water partition coefficient (Wildman–Crippen LogP) is 5.04. The van der Waals surface area contributed by atoms with Crippen molar-refractivity contribution in [2.75, 3.05) is 0 Å². The molecular weight excluding hydrogens is 220 g/mol. The lowest BCUT2D eigenvalue weighted by atomic mass is 10.2. The normalized spacial score (nSPS) is 9.89. The summed E-state index contributed by atoms with van der Waals surface area (Å²) in [6, 6.07) is 10.0. The summed E-state index contributed by atoms with van der Waals surface area (Å²) in [5, 5.41) is 0.